The minimum Gasteiger partial charge on any atom is -0.452 e. The topological polar surface area (TPSA) is 72.6 Å². The number of nitrogens with two attached hydrogens (primary N) is 1. The average Bonchev–Trinajstić information content (AvgIpc) is 2.88. The molecule has 5 nitrogen and oxygen atoms in total. The van der Waals surface area contributed by atoms with Crippen LogP contribution >= 0.6 is 0 Å². The zero-order valence-electron chi connectivity index (χ0n) is 10.4. The second-order valence-electron chi connectivity index (χ2n) is 4.44. The Bertz CT molecular complexity index is 478. The summed E-state index contributed by atoms with van der Waals surface area (Å²) in [5.74, 6) is -1.59. The average molecular weight is 266 g/mol. The third-order valence-electron chi connectivity index (χ3n) is 2.94. The Morgan fingerprint density at radius 2 is 1.95 bits per heavy atom. The number of hydrogen-bond donors (Lipinski definition) is 1. The molecule has 102 valence electrons. The SMILES string of the molecule is Nc1cc(F)cc(C(=O)OCC(=O)N2CCCC2)c1. The number of benzene rings is 1. The highest BCUT2D eigenvalue weighted by Crippen LogP contribution is 2.12. The molecule has 0 bridgehead atoms. The fourth-order valence-corrected chi connectivity index (χ4v) is 2.00. The number of hydrogen-bond acceptors (Lipinski definition) is 4. The fraction of sp³-hybridized carbons (Fsp3) is 0.385. The predicted molar refractivity (Wildman–Crippen MR) is 66.9 cm³/mol. The summed E-state index contributed by atoms with van der Waals surface area (Å²) in [6.45, 7) is 1.07. The lowest BCUT2D eigenvalue weighted by atomic mass is 10.2. The molecule has 0 spiro atoms. The zero-order chi connectivity index (χ0) is 13.8. The predicted octanol–water partition coefficient (Wildman–Crippen LogP) is 1.19. The lowest BCUT2D eigenvalue weighted by Gasteiger charge is -2.14. The van der Waals surface area contributed by atoms with Gasteiger partial charge in [-0.25, -0.2) is 9.18 Å². The molecule has 6 heteroatoms. The number of esters is 1. The summed E-state index contributed by atoms with van der Waals surface area (Å²) in [5, 5.41) is 0. The van der Waals surface area contributed by atoms with Gasteiger partial charge >= 0.3 is 5.97 Å². The van der Waals surface area contributed by atoms with Crippen LogP contribution in [0.4, 0.5) is 10.1 Å². The number of carbonyl (C=O) groups excluding carboxylic acids is 2. The largest absolute Gasteiger partial charge is 0.452 e. The van der Waals surface area contributed by atoms with Gasteiger partial charge < -0.3 is 15.4 Å². The van der Waals surface area contributed by atoms with Crippen LogP contribution in [-0.4, -0.2) is 36.5 Å². The molecule has 1 aromatic carbocycles. The summed E-state index contributed by atoms with van der Waals surface area (Å²) >= 11 is 0. The highest BCUT2D eigenvalue weighted by Gasteiger charge is 2.19. The van der Waals surface area contributed by atoms with E-state index in [1.165, 1.54) is 6.07 Å². The second kappa shape index (κ2) is 5.69. The van der Waals surface area contributed by atoms with Crippen molar-refractivity contribution in [1.29, 1.82) is 0 Å². The van der Waals surface area contributed by atoms with E-state index < -0.39 is 11.8 Å². The molecular formula is C13H15FN2O3. The summed E-state index contributed by atoms with van der Waals surface area (Å²) in [4.78, 5) is 25.0. The standard InChI is InChI=1S/C13H15FN2O3/c14-10-5-9(6-11(15)7-10)13(18)19-8-12(17)16-3-1-2-4-16/h5-7H,1-4,8,15H2. The summed E-state index contributed by atoms with van der Waals surface area (Å²) in [6, 6.07) is 3.44. The van der Waals surface area contributed by atoms with E-state index in [9.17, 15) is 14.0 Å². The van der Waals surface area contributed by atoms with Gasteiger partial charge in [0.25, 0.3) is 5.91 Å². The molecule has 1 aromatic rings. The van der Waals surface area contributed by atoms with E-state index in [4.69, 9.17) is 10.5 Å². The molecule has 1 saturated heterocycles. The number of nitrogens with zero attached hydrogens (tertiary/aromatic N) is 1. The molecule has 1 amide bonds. The first-order chi connectivity index (χ1) is 9.06. The number of amides is 1. The van der Waals surface area contributed by atoms with Crippen molar-refractivity contribution in [2.24, 2.45) is 0 Å². The highest BCUT2D eigenvalue weighted by atomic mass is 19.1. The van der Waals surface area contributed by atoms with Crippen molar-refractivity contribution in [1.82, 2.24) is 4.90 Å². The molecule has 1 heterocycles. The van der Waals surface area contributed by atoms with Gasteiger partial charge in [-0.05, 0) is 31.0 Å². The number of nitrogen functional groups attached to an aromatic ring is 1. The molecule has 0 aliphatic carbocycles. The van der Waals surface area contributed by atoms with Crippen molar-refractivity contribution in [3.8, 4) is 0 Å². The van der Waals surface area contributed by atoms with Gasteiger partial charge in [-0.1, -0.05) is 0 Å². The molecule has 2 rings (SSSR count). The molecule has 1 aliphatic rings. The van der Waals surface area contributed by atoms with E-state index in [1.807, 2.05) is 0 Å². The maximum Gasteiger partial charge on any atom is 0.338 e. The molecule has 0 unspecified atom stereocenters. The zero-order valence-corrected chi connectivity index (χ0v) is 10.4. The monoisotopic (exact) mass is 266 g/mol. The molecule has 2 N–H and O–H groups in total. The van der Waals surface area contributed by atoms with E-state index in [0.717, 1.165) is 25.0 Å². The Labute approximate surface area is 110 Å². The van der Waals surface area contributed by atoms with Crippen LogP contribution < -0.4 is 5.73 Å². The Hall–Kier alpha value is -2.11. The van der Waals surface area contributed by atoms with Crippen LogP contribution in [0.15, 0.2) is 18.2 Å². The van der Waals surface area contributed by atoms with E-state index in [2.05, 4.69) is 0 Å². The second-order valence-corrected chi connectivity index (χ2v) is 4.44. The molecule has 0 atom stereocenters. The smallest absolute Gasteiger partial charge is 0.338 e. The Morgan fingerprint density at radius 3 is 2.58 bits per heavy atom. The molecule has 1 aliphatic heterocycles. The quantitative estimate of drug-likeness (QED) is 0.658. The van der Waals surface area contributed by atoms with Crippen molar-refractivity contribution in [2.75, 3.05) is 25.4 Å². The summed E-state index contributed by atoms with van der Waals surface area (Å²) < 4.78 is 17.9. The van der Waals surface area contributed by atoms with Crippen molar-refractivity contribution in [2.45, 2.75) is 12.8 Å². The molecular weight excluding hydrogens is 251 g/mol. The first-order valence-corrected chi connectivity index (χ1v) is 6.07. The van der Waals surface area contributed by atoms with E-state index in [-0.39, 0.29) is 23.8 Å². The van der Waals surface area contributed by atoms with Crippen LogP contribution in [0.25, 0.3) is 0 Å². The molecule has 1 fully saturated rings. The van der Waals surface area contributed by atoms with Crippen molar-refractivity contribution < 1.29 is 18.7 Å². The Morgan fingerprint density at radius 1 is 1.26 bits per heavy atom. The van der Waals surface area contributed by atoms with Crippen LogP contribution in [0, 0.1) is 5.82 Å². The maximum atomic E-state index is 13.1. The first-order valence-electron chi connectivity index (χ1n) is 6.07. The first kappa shape index (κ1) is 13.3. The van der Waals surface area contributed by atoms with Gasteiger partial charge in [0.2, 0.25) is 0 Å². The van der Waals surface area contributed by atoms with Gasteiger partial charge in [0, 0.05) is 18.8 Å². The van der Waals surface area contributed by atoms with Crippen LogP contribution in [0.3, 0.4) is 0 Å². The van der Waals surface area contributed by atoms with Gasteiger partial charge in [0.15, 0.2) is 6.61 Å². The van der Waals surface area contributed by atoms with Crippen molar-refractivity contribution >= 4 is 17.6 Å². The maximum absolute atomic E-state index is 13.1. The molecule has 0 saturated carbocycles. The highest BCUT2D eigenvalue weighted by molar-refractivity contribution is 5.92. The number of anilines is 1. The van der Waals surface area contributed by atoms with Gasteiger partial charge in [-0.15, -0.1) is 0 Å². The lowest BCUT2D eigenvalue weighted by molar-refractivity contribution is -0.133. The lowest BCUT2D eigenvalue weighted by Crippen LogP contribution is -2.32. The summed E-state index contributed by atoms with van der Waals surface area (Å²) in [7, 11) is 0. The Balaban J connectivity index is 1.91. The van der Waals surface area contributed by atoms with Gasteiger partial charge in [0.05, 0.1) is 5.56 Å². The van der Waals surface area contributed by atoms with Crippen molar-refractivity contribution in [3.05, 3.63) is 29.6 Å². The van der Waals surface area contributed by atoms with E-state index in [0.29, 0.717) is 13.1 Å². The van der Waals surface area contributed by atoms with Crippen LogP contribution in [-0.2, 0) is 9.53 Å². The summed E-state index contributed by atoms with van der Waals surface area (Å²) in [6.07, 6.45) is 1.94. The Kier molecular flexibility index (Phi) is 3.99. The van der Waals surface area contributed by atoms with E-state index >= 15 is 0 Å². The summed E-state index contributed by atoms with van der Waals surface area (Å²) in [5.41, 5.74) is 5.57. The van der Waals surface area contributed by atoms with Gasteiger partial charge in [0.1, 0.15) is 5.82 Å². The number of likely N-dealkylation sites (tertiary alicyclic amines) is 1. The van der Waals surface area contributed by atoms with Gasteiger partial charge in [-0.3, -0.25) is 4.79 Å². The van der Waals surface area contributed by atoms with Crippen LogP contribution in [0.5, 0.6) is 0 Å². The molecule has 19 heavy (non-hydrogen) atoms. The van der Waals surface area contributed by atoms with E-state index in [1.54, 1.807) is 4.90 Å². The van der Waals surface area contributed by atoms with Crippen LogP contribution in [0.2, 0.25) is 0 Å². The number of carbonyl (C=O) groups is 2. The van der Waals surface area contributed by atoms with Crippen molar-refractivity contribution in [3.63, 3.8) is 0 Å². The van der Waals surface area contributed by atoms with Crippen LogP contribution in [0.1, 0.15) is 23.2 Å². The number of halogens is 1. The molecule has 0 aromatic heterocycles. The van der Waals surface area contributed by atoms with Gasteiger partial charge in [-0.2, -0.15) is 0 Å². The normalized spacial score (nSPS) is 14.5. The number of rotatable bonds is 3. The fourth-order valence-electron chi connectivity index (χ4n) is 2.00. The minimum absolute atomic E-state index is 0.00622. The third-order valence-corrected chi connectivity index (χ3v) is 2.94. The third kappa shape index (κ3) is 3.43. The minimum atomic E-state index is -0.751. The number of ether oxygens (including phenoxy) is 1. The molecule has 0 radical (unpaired) electrons.